The Balaban J connectivity index is 1.65. The zero-order valence-corrected chi connectivity index (χ0v) is 22.6. The second-order valence-corrected chi connectivity index (χ2v) is 13.6. The first-order chi connectivity index (χ1) is 16.8. The van der Waals surface area contributed by atoms with Gasteiger partial charge in [0, 0.05) is 13.8 Å². The van der Waals surface area contributed by atoms with Crippen LogP contribution in [0.25, 0.3) is 0 Å². The summed E-state index contributed by atoms with van der Waals surface area (Å²) in [7, 11) is -6.68. The number of hydrogen-bond donors (Lipinski definition) is 2. The van der Waals surface area contributed by atoms with E-state index in [0.717, 1.165) is 43.7 Å². The molecule has 200 valence electrons. The molecule has 2 fully saturated rings. The van der Waals surface area contributed by atoms with Gasteiger partial charge < -0.3 is 8.92 Å². The normalized spacial score (nSPS) is 29.7. The number of ether oxygens (including phenoxy) is 1. The molecule has 3 aliphatic rings. The van der Waals surface area contributed by atoms with E-state index >= 15 is 0 Å². The number of carbonyl (C=O) groups is 2. The predicted octanol–water partition coefficient (Wildman–Crippen LogP) is 2.54. The van der Waals surface area contributed by atoms with Crippen molar-refractivity contribution in [3.05, 3.63) is 23.3 Å². The van der Waals surface area contributed by atoms with Gasteiger partial charge in [-0.3, -0.25) is 14.3 Å². The molecule has 3 aliphatic carbocycles. The number of nitrogens with one attached hydrogen (secondary N) is 2. The van der Waals surface area contributed by atoms with E-state index in [1.807, 2.05) is 6.07 Å². The SMILES string of the molecule is COc1cc2c(cc1OS(=O)(=O)NC(C)=O)CCC1C2CC[C@@]2(C)C1CCC[C@@H]2S(=O)(=O)NC(C)=O. The zero-order chi connectivity index (χ0) is 26.5. The Morgan fingerprint density at radius 3 is 2.31 bits per heavy atom. The largest absolute Gasteiger partial charge is 0.493 e. The summed E-state index contributed by atoms with van der Waals surface area (Å²) in [6.07, 6.45) is 5.29. The summed E-state index contributed by atoms with van der Waals surface area (Å²) < 4.78 is 65.1. The van der Waals surface area contributed by atoms with Crippen LogP contribution < -0.4 is 18.4 Å². The highest BCUT2D eigenvalue weighted by Gasteiger charge is 2.56. The second-order valence-electron chi connectivity index (χ2n) is 10.5. The quantitative estimate of drug-likeness (QED) is 0.558. The third-order valence-corrected chi connectivity index (χ3v) is 11.3. The van der Waals surface area contributed by atoms with E-state index in [0.29, 0.717) is 19.3 Å². The molecule has 1 aromatic rings. The molecule has 0 bridgehead atoms. The Bertz CT molecular complexity index is 1280. The number of rotatable bonds is 6. The Labute approximate surface area is 212 Å². The Morgan fingerprint density at radius 2 is 1.67 bits per heavy atom. The Morgan fingerprint density at radius 1 is 0.972 bits per heavy atom. The van der Waals surface area contributed by atoms with Crippen LogP contribution in [-0.2, 0) is 36.3 Å². The summed E-state index contributed by atoms with van der Waals surface area (Å²) in [5.41, 5.74) is 1.60. The van der Waals surface area contributed by atoms with Crippen molar-refractivity contribution in [3.8, 4) is 11.5 Å². The molecule has 0 aromatic heterocycles. The third kappa shape index (κ3) is 4.93. The lowest BCUT2D eigenvalue weighted by molar-refractivity contribution is -0.118. The zero-order valence-electron chi connectivity index (χ0n) is 21.0. The van der Waals surface area contributed by atoms with Crippen LogP contribution in [0.2, 0.25) is 0 Å². The van der Waals surface area contributed by atoms with Gasteiger partial charge in [0.15, 0.2) is 11.5 Å². The predicted molar refractivity (Wildman–Crippen MR) is 132 cm³/mol. The fourth-order valence-corrected chi connectivity index (χ4v) is 9.82. The molecular formula is C24H34N2O8S2. The monoisotopic (exact) mass is 542 g/mol. The highest BCUT2D eigenvalue weighted by Crippen LogP contribution is 2.61. The van der Waals surface area contributed by atoms with E-state index in [2.05, 4.69) is 11.6 Å². The molecule has 0 aliphatic heterocycles. The number of amides is 2. The lowest BCUT2D eigenvalue weighted by atomic mass is 9.50. The van der Waals surface area contributed by atoms with Gasteiger partial charge in [-0.2, -0.15) is 8.42 Å². The lowest BCUT2D eigenvalue weighted by Gasteiger charge is -2.56. The summed E-state index contributed by atoms with van der Waals surface area (Å²) in [6, 6.07) is 3.49. The number of benzene rings is 1. The van der Waals surface area contributed by atoms with E-state index in [9.17, 15) is 26.4 Å². The van der Waals surface area contributed by atoms with E-state index in [1.165, 1.54) is 14.0 Å². The van der Waals surface area contributed by atoms with Crippen LogP contribution >= 0.6 is 0 Å². The summed E-state index contributed by atoms with van der Waals surface area (Å²) >= 11 is 0. The molecule has 3 unspecified atom stereocenters. The first-order valence-electron chi connectivity index (χ1n) is 12.2. The van der Waals surface area contributed by atoms with Gasteiger partial charge in [-0.15, -0.1) is 0 Å². The summed E-state index contributed by atoms with van der Waals surface area (Å²) in [5.74, 6) is -0.406. The van der Waals surface area contributed by atoms with E-state index in [1.54, 1.807) is 10.8 Å². The number of methoxy groups -OCH3 is 1. The molecule has 4 rings (SSSR count). The molecule has 0 radical (unpaired) electrons. The summed E-state index contributed by atoms with van der Waals surface area (Å²) in [5, 5.41) is -0.612. The Kier molecular flexibility index (Phi) is 7.06. The molecule has 36 heavy (non-hydrogen) atoms. The minimum Gasteiger partial charge on any atom is -0.493 e. The molecular weight excluding hydrogens is 508 g/mol. The van der Waals surface area contributed by atoms with Crippen LogP contribution in [0.3, 0.4) is 0 Å². The fraction of sp³-hybridized carbons (Fsp3) is 0.667. The van der Waals surface area contributed by atoms with Crippen LogP contribution in [0.5, 0.6) is 11.5 Å². The van der Waals surface area contributed by atoms with E-state index in [4.69, 9.17) is 8.92 Å². The van der Waals surface area contributed by atoms with Gasteiger partial charge in [-0.25, -0.2) is 13.1 Å². The van der Waals surface area contributed by atoms with Crippen LogP contribution in [-0.4, -0.2) is 41.0 Å². The highest BCUT2D eigenvalue weighted by molar-refractivity contribution is 7.90. The fourth-order valence-electron chi connectivity index (χ4n) is 7.04. The van der Waals surface area contributed by atoms with Crippen LogP contribution in [0.4, 0.5) is 0 Å². The topological polar surface area (TPSA) is 145 Å². The van der Waals surface area contributed by atoms with Crippen molar-refractivity contribution < 1.29 is 35.3 Å². The van der Waals surface area contributed by atoms with Crippen LogP contribution in [0.1, 0.15) is 76.3 Å². The molecule has 5 atom stereocenters. The second kappa shape index (κ2) is 9.51. The third-order valence-electron chi connectivity index (χ3n) is 8.29. The van der Waals surface area contributed by atoms with E-state index in [-0.39, 0.29) is 29.3 Å². The first-order valence-corrected chi connectivity index (χ1v) is 15.2. The number of carbonyl (C=O) groups excluding carboxylic acids is 2. The molecule has 2 amide bonds. The average Bonchev–Trinajstić information content (AvgIpc) is 2.75. The van der Waals surface area contributed by atoms with Crippen molar-refractivity contribution in [2.24, 2.45) is 17.3 Å². The van der Waals surface area contributed by atoms with Crippen molar-refractivity contribution in [3.63, 3.8) is 0 Å². The van der Waals surface area contributed by atoms with Gasteiger partial charge in [-0.05, 0) is 85.0 Å². The smallest absolute Gasteiger partial charge is 0.409 e. The summed E-state index contributed by atoms with van der Waals surface area (Å²) in [6.45, 7) is 4.37. The molecule has 0 spiro atoms. The molecule has 0 heterocycles. The molecule has 2 N–H and O–H groups in total. The lowest BCUT2D eigenvalue weighted by Crippen LogP contribution is -2.56. The number of aryl methyl sites for hydroxylation is 1. The maximum absolute atomic E-state index is 13.1. The van der Waals surface area contributed by atoms with Crippen molar-refractivity contribution in [1.29, 1.82) is 0 Å². The minimum absolute atomic E-state index is 0.0169. The highest BCUT2D eigenvalue weighted by atomic mass is 32.2. The molecule has 0 saturated heterocycles. The standard InChI is InChI=1S/C24H34N2O8S2/c1-14(27)25-35(29,30)23-7-5-6-20-18-9-8-16-12-22(34-36(31,32)26-15(2)28)21(33-4)13-19(16)17(18)10-11-24(20,23)3/h12-13,17-18,20,23H,5-11H2,1-4H3,(H,25,27)(H,26,28)/t17?,18?,20?,23-,24-/m0/s1. The van der Waals surface area contributed by atoms with Crippen molar-refractivity contribution in [1.82, 2.24) is 9.44 Å². The summed E-state index contributed by atoms with van der Waals surface area (Å²) in [4.78, 5) is 22.8. The number of sulfonamides is 1. The molecule has 1 aromatic carbocycles. The maximum atomic E-state index is 13.1. The molecule has 2 saturated carbocycles. The van der Waals surface area contributed by atoms with Gasteiger partial charge >= 0.3 is 10.3 Å². The molecule has 12 heteroatoms. The van der Waals surface area contributed by atoms with Crippen LogP contribution in [0.15, 0.2) is 12.1 Å². The van der Waals surface area contributed by atoms with E-state index < -0.39 is 42.8 Å². The van der Waals surface area contributed by atoms with Crippen LogP contribution in [0, 0.1) is 17.3 Å². The van der Waals surface area contributed by atoms with Gasteiger partial charge in [0.05, 0.1) is 12.4 Å². The Hall–Kier alpha value is -2.34. The first kappa shape index (κ1) is 26.7. The average molecular weight is 543 g/mol. The maximum Gasteiger partial charge on any atom is 0.409 e. The minimum atomic E-state index is -4.34. The van der Waals surface area contributed by atoms with Gasteiger partial charge in [-0.1, -0.05) is 13.3 Å². The van der Waals surface area contributed by atoms with Crippen molar-refractivity contribution in [2.75, 3.05) is 7.11 Å². The van der Waals surface area contributed by atoms with Crippen molar-refractivity contribution >= 4 is 32.1 Å². The van der Waals surface area contributed by atoms with Gasteiger partial charge in [0.25, 0.3) is 0 Å². The van der Waals surface area contributed by atoms with Gasteiger partial charge in [0.1, 0.15) is 0 Å². The molecule has 10 nitrogen and oxygen atoms in total. The number of fused-ring (bicyclic) bond motifs is 5. The van der Waals surface area contributed by atoms with Gasteiger partial charge in [0.2, 0.25) is 21.8 Å². The number of hydrogen-bond acceptors (Lipinski definition) is 8. The van der Waals surface area contributed by atoms with Crippen molar-refractivity contribution in [2.45, 2.75) is 76.9 Å².